The van der Waals surface area contributed by atoms with Gasteiger partial charge in [-0.25, -0.2) is 0 Å². The summed E-state index contributed by atoms with van der Waals surface area (Å²) in [6.45, 7) is 0. The molecule has 21 heavy (non-hydrogen) atoms. The highest BCUT2D eigenvalue weighted by molar-refractivity contribution is 5.47. The molecule has 116 valence electrons. The maximum atomic E-state index is 10.6. The molecule has 4 aliphatic rings. The lowest BCUT2D eigenvalue weighted by Crippen LogP contribution is -2.60. The topological polar surface area (TPSA) is 52.9 Å². The second-order valence-electron chi connectivity index (χ2n) is 7.41. The predicted molar refractivity (Wildman–Crippen MR) is 79.9 cm³/mol. The van der Waals surface area contributed by atoms with Gasteiger partial charge in [0.1, 0.15) is 6.10 Å². The zero-order valence-electron chi connectivity index (χ0n) is 12.9. The van der Waals surface area contributed by atoms with Crippen LogP contribution in [0.5, 0.6) is 0 Å². The molecule has 2 aliphatic heterocycles. The monoisotopic (exact) mass is 291 g/mol. The molecule has 0 unspecified atom stereocenters. The van der Waals surface area contributed by atoms with Crippen LogP contribution < -0.4 is 0 Å². The van der Waals surface area contributed by atoms with Crippen molar-refractivity contribution in [3.05, 3.63) is 23.3 Å². The second kappa shape index (κ2) is 4.42. The molecule has 4 rings (SSSR count). The number of ether oxygens (including phenoxy) is 1. The Bertz CT molecular complexity index is 526. The van der Waals surface area contributed by atoms with E-state index in [1.54, 1.807) is 0 Å². The molecular weight excluding hydrogens is 266 g/mol. The number of nitrogens with zero attached hydrogens (tertiary/aromatic N) is 1. The van der Waals surface area contributed by atoms with Crippen molar-refractivity contribution in [3.63, 3.8) is 0 Å². The van der Waals surface area contributed by atoms with E-state index in [0.29, 0.717) is 0 Å². The van der Waals surface area contributed by atoms with Crippen LogP contribution >= 0.6 is 0 Å². The molecule has 2 aliphatic carbocycles. The van der Waals surface area contributed by atoms with Crippen LogP contribution in [0.1, 0.15) is 38.5 Å². The molecular formula is C17H25NO3. The molecule has 0 aromatic rings. The molecule has 0 radical (unpaired) electrons. The predicted octanol–water partition coefficient (Wildman–Crippen LogP) is 1.38. The number of aliphatic hydroxyl groups is 2. The van der Waals surface area contributed by atoms with Gasteiger partial charge in [0.15, 0.2) is 0 Å². The van der Waals surface area contributed by atoms with E-state index in [1.807, 2.05) is 19.0 Å². The van der Waals surface area contributed by atoms with E-state index in [-0.39, 0.29) is 17.2 Å². The van der Waals surface area contributed by atoms with Crippen molar-refractivity contribution >= 4 is 0 Å². The van der Waals surface area contributed by atoms with E-state index in [4.69, 9.17) is 4.74 Å². The Labute approximate surface area is 126 Å². The number of likely N-dealkylation sites (N-methyl/N-ethyl adjacent to an activating group) is 1. The van der Waals surface area contributed by atoms with Crippen molar-refractivity contribution in [1.29, 1.82) is 0 Å². The fraction of sp³-hybridized carbons (Fsp3) is 0.765. The van der Waals surface area contributed by atoms with Gasteiger partial charge in [0, 0.05) is 6.04 Å². The van der Waals surface area contributed by atoms with Gasteiger partial charge >= 0.3 is 0 Å². The lowest BCUT2D eigenvalue weighted by atomic mass is 9.71. The molecule has 2 heterocycles. The van der Waals surface area contributed by atoms with Gasteiger partial charge in [0.05, 0.1) is 17.3 Å². The van der Waals surface area contributed by atoms with Crippen LogP contribution in [0.4, 0.5) is 0 Å². The third-order valence-corrected chi connectivity index (χ3v) is 6.07. The van der Waals surface area contributed by atoms with Crippen LogP contribution in [0.15, 0.2) is 23.3 Å². The normalized spacial score (nSPS) is 48.5. The van der Waals surface area contributed by atoms with Crippen molar-refractivity contribution in [3.8, 4) is 0 Å². The molecule has 2 fully saturated rings. The fourth-order valence-electron chi connectivity index (χ4n) is 4.88. The Morgan fingerprint density at radius 2 is 1.95 bits per heavy atom. The first-order chi connectivity index (χ1) is 9.97. The average molecular weight is 291 g/mol. The summed E-state index contributed by atoms with van der Waals surface area (Å²) in [6.07, 6.45) is 9.02. The van der Waals surface area contributed by atoms with E-state index < -0.39 is 12.2 Å². The van der Waals surface area contributed by atoms with E-state index in [0.717, 1.165) is 37.7 Å². The molecule has 2 bridgehead atoms. The summed E-state index contributed by atoms with van der Waals surface area (Å²) < 4.78 is 6.65. The molecule has 0 aromatic carbocycles. The van der Waals surface area contributed by atoms with Gasteiger partial charge in [0.2, 0.25) is 0 Å². The van der Waals surface area contributed by atoms with Crippen LogP contribution in [0.2, 0.25) is 0 Å². The van der Waals surface area contributed by atoms with E-state index in [2.05, 4.69) is 12.2 Å². The standard InChI is InChI=1S/C17H25NO3/c1-18(2)13-10-17-8-7-16(21-17)6-4-3-5-11(16)9-12(17)14(19)15(13)20/h5,9,13-15,19-20H,3-4,6-8,10H2,1-2H3/t13-,14+,15+,16+,17+/m0/s1. The maximum absolute atomic E-state index is 10.6. The minimum atomic E-state index is -0.815. The Kier molecular flexibility index (Phi) is 2.93. The zero-order valence-corrected chi connectivity index (χ0v) is 12.9. The van der Waals surface area contributed by atoms with Crippen molar-refractivity contribution in [2.24, 2.45) is 0 Å². The van der Waals surface area contributed by atoms with Gasteiger partial charge in [-0.05, 0) is 63.8 Å². The Hall–Kier alpha value is -0.680. The molecule has 2 spiro atoms. The third kappa shape index (κ3) is 1.76. The quantitative estimate of drug-likeness (QED) is 0.766. The van der Waals surface area contributed by atoms with E-state index in [9.17, 15) is 10.2 Å². The first-order valence-electron chi connectivity index (χ1n) is 8.13. The third-order valence-electron chi connectivity index (χ3n) is 6.07. The molecule has 1 saturated carbocycles. The van der Waals surface area contributed by atoms with Gasteiger partial charge < -0.3 is 19.8 Å². The van der Waals surface area contributed by atoms with Crippen LogP contribution in [-0.2, 0) is 4.74 Å². The van der Waals surface area contributed by atoms with E-state index >= 15 is 0 Å². The summed E-state index contributed by atoms with van der Waals surface area (Å²) in [4.78, 5) is 2.01. The molecule has 0 aromatic heterocycles. The Morgan fingerprint density at radius 1 is 1.19 bits per heavy atom. The summed E-state index contributed by atoms with van der Waals surface area (Å²) >= 11 is 0. The zero-order chi connectivity index (χ0) is 14.8. The lowest BCUT2D eigenvalue weighted by molar-refractivity contribution is -0.140. The van der Waals surface area contributed by atoms with Crippen LogP contribution in [0.3, 0.4) is 0 Å². The molecule has 0 amide bonds. The largest absolute Gasteiger partial charge is 0.388 e. The Balaban J connectivity index is 1.80. The van der Waals surface area contributed by atoms with Crippen LogP contribution in [0, 0.1) is 0 Å². The van der Waals surface area contributed by atoms with Gasteiger partial charge in [-0.15, -0.1) is 0 Å². The van der Waals surface area contributed by atoms with Gasteiger partial charge in [-0.1, -0.05) is 12.2 Å². The first kappa shape index (κ1) is 13.9. The highest BCUT2D eigenvalue weighted by atomic mass is 16.5. The number of rotatable bonds is 1. The molecule has 4 heteroatoms. The van der Waals surface area contributed by atoms with Gasteiger partial charge in [-0.2, -0.15) is 0 Å². The van der Waals surface area contributed by atoms with Crippen molar-refractivity contribution in [2.75, 3.05) is 14.1 Å². The molecule has 1 saturated heterocycles. The second-order valence-corrected chi connectivity index (χ2v) is 7.41. The fourth-order valence-corrected chi connectivity index (χ4v) is 4.88. The molecule has 4 nitrogen and oxygen atoms in total. The Morgan fingerprint density at radius 3 is 2.71 bits per heavy atom. The van der Waals surface area contributed by atoms with Gasteiger partial charge in [-0.3, -0.25) is 0 Å². The summed E-state index contributed by atoms with van der Waals surface area (Å²) in [5, 5.41) is 21.1. The minimum Gasteiger partial charge on any atom is -0.388 e. The lowest BCUT2D eigenvalue weighted by Gasteiger charge is -2.51. The molecule has 2 N–H and O–H groups in total. The summed E-state index contributed by atoms with van der Waals surface area (Å²) in [6, 6.07) is -0.0542. The van der Waals surface area contributed by atoms with Crippen molar-refractivity contribution in [1.82, 2.24) is 4.90 Å². The summed E-state index contributed by atoms with van der Waals surface area (Å²) in [5.41, 5.74) is 1.68. The average Bonchev–Trinajstić information content (AvgIpc) is 2.75. The van der Waals surface area contributed by atoms with Crippen LogP contribution in [-0.4, -0.2) is 58.7 Å². The molecule has 5 atom stereocenters. The maximum Gasteiger partial charge on any atom is 0.105 e. The number of aliphatic hydroxyl groups excluding tert-OH is 2. The highest BCUT2D eigenvalue weighted by Crippen LogP contribution is 2.58. The number of hydrogen-bond donors (Lipinski definition) is 2. The van der Waals surface area contributed by atoms with Crippen molar-refractivity contribution in [2.45, 2.75) is 68.0 Å². The van der Waals surface area contributed by atoms with E-state index in [1.165, 1.54) is 12.0 Å². The van der Waals surface area contributed by atoms with Crippen molar-refractivity contribution < 1.29 is 14.9 Å². The first-order valence-corrected chi connectivity index (χ1v) is 8.13. The highest BCUT2D eigenvalue weighted by Gasteiger charge is 2.61. The van der Waals surface area contributed by atoms with Crippen LogP contribution in [0.25, 0.3) is 0 Å². The minimum absolute atomic E-state index is 0.0542. The smallest absolute Gasteiger partial charge is 0.105 e. The number of hydrogen-bond acceptors (Lipinski definition) is 4. The SMILES string of the molecule is CN(C)[C@H]1C[C@]23CC[C@@]4(CCCC=C4C=C2[C@@H](O)[C@@H]1O)O3. The number of allylic oxidation sites excluding steroid dienone is 1. The van der Waals surface area contributed by atoms with Gasteiger partial charge in [0.25, 0.3) is 0 Å². The summed E-state index contributed by atoms with van der Waals surface area (Å²) in [7, 11) is 3.93. The summed E-state index contributed by atoms with van der Waals surface area (Å²) in [5.74, 6) is 0.